The van der Waals surface area contributed by atoms with E-state index in [0.29, 0.717) is 17.5 Å². The number of aryl methyl sites for hydroxylation is 1. The summed E-state index contributed by atoms with van der Waals surface area (Å²) in [5, 5.41) is 3.23. The predicted molar refractivity (Wildman–Crippen MR) is 98.8 cm³/mol. The molecular weight excluding hydrogens is 328 g/mol. The Kier molecular flexibility index (Phi) is 3.42. The lowest BCUT2D eigenvalue weighted by Crippen LogP contribution is -2.52. The average Bonchev–Trinajstić information content (AvgIpc) is 3.21. The van der Waals surface area contributed by atoms with E-state index >= 15 is 0 Å². The quantitative estimate of drug-likeness (QED) is 0.913. The maximum Gasteiger partial charge on any atom is 0.272 e. The van der Waals surface area contributed by atoms with Crippen LogP contribution in [0.5, 0.6) is 5.75 Å². The van der Waals surface area contributed by atoms with Gasteiger partial charge in [0.2, 0.25) is 5.95 Å². The van der Waals surface area contributed by atoms with E-state index in [1.807, 2.05) is 29.2 Å². The smallest absolute Gasteiger partial charge is 0.272 e. The van der Waals surface area contributed by atoms with Crippen LogP contribution in [0.3, 0.4) is 0 Å². The van der Waals surface area contributed by atoms with E-state index < -0.39 is 5.60 Å². The number of fused-ring (bicyclic) bond motifs is 1. The second-order valence-corrected chi connectivity index (χ2v) is 7.58. The first-order valence-corrected chi connectivity index (χ1v) is 9.38. The van der Waals surface area contributed by atoms with Gasteiger partial charge in [-0.2, -0.15) is 4.98 Å². The number of ether oxygens (including phenoxy) is 1. The number of rotatable bonds is 3. The summed E-state index contributed by atoms with van der Waals surface area (Å²) in [5.74, 6) is 1.81. The van der Waals surface area contributed by atoms with E-state index in [1.54, 1.807) is 6.20 Å². The van der Waals surface area contributed by atoms with Crippen molar-refractivity contribution in [1.29, 1.82) is 0 Å². The van der Waals surface area contributed by atoms with Gasteiger partial charge in [-0.3, -0.25) is 9.69 Å². The second kappa shape index (κ2) is 5.69. The summed E-state index contributed by atoms with van der Waals surface area (Å²) in [7, 11) is 0. The lowest BCUT2D eigenvalue weighted by molar-refractivity contribution is -0.128. The minimum Gasteiger partial charge on any atom is -0.472 e. The molecule has 26 heavy (non-hydrogen) atoms. The Hall–Kier alpha value is -2.63. The van der Waals surface area contributed by atoms with Crippen LogP contribution in [-0.2, 0) is 4.79 Å². The molecule has 3 aliphatic rings. The molecule has 2 aromatic rings. The van der Waals surface area contributed by atoms with Gasteiger partial charge in [-0.05, 0) is 31.9 Å². The molecule has 1 aromatic carbocycles. The van der Waals surface area contributed by atoms with Gasteiger partial charge in [0, 0.05) is 24.6 Å². The number of benzene rings is 1. The lowest BCUT2D eigenvalue weighted by atomic mass is 10.1. The van der Waals surface area contributed by atoms with Gasteiger partial charge in [0.05, 0.1) is 6.20 Å². The first-order valence-electron chi connectivity index (χ1n) is 9.38. The lowest BCUT2D eigenvalue weighted by Gasteiger charge is -2.37. The molecule has 2 heterocycles. The molecule has 2 fully saturated rings. The molecule has 1 amide bonds. The third-order valence-corrected chi connectivity index (χ3v) is 5.58. The van der Waals surface area contributed by atoms with Crippen LogP contribution < -0.4 is 15.0 Å². The Bertz CT molecular complexity index is 855. The van der Waals surface area contributed by atoms with Crippen LogP contribution in [0, 0.1) is 6.92 Å². The third-order valence-electron chi connectivity index (χ3n) is 5.58. The Morgan fingerprint density at radius 3 is 2.62 bits per heavy atom. The predicted octanol–water partition coefficient (Wildman–Crippen LogP) is 3.73. The van der Waals surface area contributed by atoms with Gasteiger partial charge in [-0.15, -0.1) is 0 Å². The molecule has 0 saturated heterocycles. The van der Waals surface area contributed by atoms with Crippen molar-refractivity contribution in [2.24, 2.45) is 0 Å². The molecule has 1 aliphatic heterocycles. The third kappa shape index (κ3) is 2.52. The molecule has 0 atom stereocenters. The number of carbonyl (C=O) groups excluding carboxylic acids is 1. The molecule has 0 radical (unpaired) electrons. The van der Waals surface area contributed by atoms with Gasteiger partial charge >= 0.3 is 0 Å². The highest BCUT2D eigenvalue weighted by molar-refractivity contribution is 6.04. The second-order valence-electron chi connectivity index (χ2n) is 7.58. The standard InChI is InChI=1S/C20H22N4O2/c1-13-6-8-14(9-7-13)22-19-21-12-16-17(23-19)24(15-4-2-3-5-15)18(25)20(26-16)10-11-20/h6-9,12,15H,2-5,10-11H2,1H3,(H,21,22,23). The number of carbonyl (C=O) groups is 1. The monoisotopic (exact) mass is 350 g/mol. The molecule has 1 aromatic heterocycles. The Morgan fingerprint density at radius 1 is 1.19 bits per heavy atom. The molecule has 1 spiro atoms. The van der Waals surface area contributed by atoms with Gasteiger partial charge in [0.25, 0.3) is 5.91 Å². The fourth-order valence-corrected chi connectivity index (χ4v) is 3.93. The SMILES string of the molecule is Cc1ccc(Nc2ncc3c(n2)N(C2CCCC2)C(=O)C2(CC2)O3)cc1. The van der Waals surface area contributed by atoms with Gasteiger partial charge in [-0.1, -0.05) is 30.5 Å². The van der Waals surface area contributed by atoms with Crippen LogP contribution in [-0.4, -0.2) is 27.5 Å². The molecule has 134 valence electrons. The number of hydrogen-bond donors (Lipinski definition) is 1. The summed E-state index contributed by atoms with van der Waals surface area (Å²) in [6, 6.07) is 8.29. The van der Waals surface area contributed by atoms with Crippen molar-refractivity contribution in [1.82, 2.24) is 9.97 Å². The highest BCUT2D eigenvalue weighted by Crippen LogP contribution is 2.50. The number of amides is 1. The van der Waals surface area contributed by atoms with Crippen LogP contribution in [0.1, 0.15) is 44.1 Å². The maximum absolute atomic E-state index is 13.1. The Balaban J connectivity index is 1.50. The van der Waals surface area contributed by atoms with Crippen molar-refractivity contribution in [3.63, 3.8) is 0 Å². The van der Waals surface area contributed by atoms with E-state index in [9.17, 15) is 4.79 Å². The molecule has 0 bridgehead atoms. The summed E-state index contributed by atoms with van der Waals surface area (Å²) < 4.78 is 6.01. The summed E-state index contributed by atoms with van der Waals surface area (Å²) in [5.41, 5.74) is 1.47. The molecule has 2 aliphatic carbocycles. The van der Waals surface area contributed by atoms with Crippen LogP contribution in [0.25, 0.3) is 0 Å². The maximum atomic E-state index is 13.1. The minimum atomic E-state index is -0.648. The van der Waals surface area contributed by atoms with Crippen molar-refractivity contribution in [2.45, 2.75) is 57.1 Å². The fourth-order valence-electron chi connectivity index (χ4n) is 3.93. The number of nitrogens with one attached hydrogen (secondary N) is 1. The Morgan fingerprint density at radius 2 is 1.92 bits per heavy atom. The van der Waals surface area contributed by atoms with E-state index in [4.69, 9.17) is 4.74 Å². The fraction of sp³-hybridized carbons (Fsp3) is 0.450. The summed E-state index contributed by atoms with van der Waals surface area (Å²) in [4.78, 5) is 24.1. The Labute approximate surface area is 152 Å². The topological polar surface area (TPSA) is 67.4 Å². The zero-order valence-corrected chi connectivity index (χ0v) is 14.9. The van der Waals surface area contributed by atoms with Crippen molar-refractivity contribution >= 4 is 23.4 Å². The molecule has 1 N–H and O–H groups in total. The largest absolute Gasteiger partial charge is 0.472 e. The number of hydrogen-bond acceptors (Lipinski definition) is 5. The molecular formula is C20H22N4O2. The zero-order chi connectivity index (χ0) is 17.7. The number of aromatic nitrogens is 2. The van der Waals surface area contributed by atoms with E-state index in [-0.39, 0.29) is 11.9 Å². The van der Waals surface area contributed by atoms with Gasteiger partial charge in [0.15, 0.2) is 17.2 Å². The first kappa shape index (κ1) is 15.6. The van der Waals surface area contributed by atoms with Gasteiger partial charge in [0.1, 0.15) is 0 Å². The van der Waals surface area contributed by atoms with Gasteiger partial charge in [-0.25, -0.2) is 4.98 Å². The normalized spacial score (nSPS) is 20.8. The highest BCUT2D eigenvalue weighted by Gasteiger charge is 2.59. The first-order chi connectivity index (χ1) is 12.6. The van der Waals surface area contributed by atoms with Crippen molar-refractivity contribution in [3.8, 4) is 5.75 Å². The highest BCUT2D eigenvalue weighted by atomic mass is 16.5. The zero-order valence-electron chi connectivity index (χ0n) is 14.9. The molecule has 0 unspecified atom stereocenters. The van der Waals surface area contributed by atoms with Crippen LogP contribution in [0.4, 0.5) is 17.5 Å². The summed E-state index contributed by atoms with van der Waals surface area (Å²) in [6.45, 7) is 2.05. The summed E-state index contributed by atoms with van der Waals surface area (Å²) in [6.07, 6.45) is 7.68. The van der Waals surface area contributed by atoms with E-state index in [1.165, 1.54) is 5.56 Å². The van der Waals surface area contributed by atoms with Gasteiger partial charge < -0.3 is 10.1 Å². The molecule has 6 nitrogen and oxygen atoms in total. The molecule has 2 saturated carbocycles. The van der Waals surface area contributed by atoms with Crippen LogP contribution in [0.2, 0.25) is 0 Å². The summed E-state index contributed by atoms with van der Waals surface area (Å²) >= 11 is 0. The number of anilines is 3. The van der Waals surface area contributed by atoms with Crippen LogP contribution >= 0.6 is 0 Å². The van der Waals surface area contributed by atoms with Crippen molar-refractivity contribution in [2.75, 3.05) is 10.2 Å². The molecule has 5 rings (SSSR count). The average molecular weight is 350 g/mol. The van der Waals surface area contributed by atoms with E-state index in [0.717, 1.165) is 44.2 Å². The van der Waals surface area contributed by atoms with Crippen LogP contribution in [0.15, 0.2) is 30.5 Å². The minimum absolute atomic E-state index is 0.0804. The number of nitrogens with zero attached hydrogens (tertiary/aromatic N) is 3. The van der Waals surface area contributed by atoms with Crippen molar-refractivity contribution < 1.29 is 9.53 Å². The molecule has 6 heteroatoms. The van der Waals surface area contributed by atoms with E-state index in [2.05, 4.69) is 22.2 Å². The van der Waals surface area contributed by atoms with Crippen molar-refractivity contribution in [3.05, 3.63) is 36.0 Å².